The first kappa shape index (κ1) is 22.7. The zero-order valence-corrected chi connectivity index (χ0v) is 18.1. The third kappa shape index (κ3) is 10.2. The van der Waals surface area contributed by atoms with Crippen LogP contribution >= 0.6 is 35.3 Å². The van der Waals surface area contributed by atoms with E-state index in [0.717, 1.165) is 51.6 Å². The van der Waals surface area contributed by atoms with Crippen molar-refractivity contribution in [1.29, 1.82) is 0 Å². The Balaban J connectivity index is 0.00000484. The normalized spacial score (nSPS) is 12.8. The molecule has 0 aliphatic carbocycles. The molecule has 1 aromatic rings. The van der Waals surface area contributed by atoms with E-state index in [9.17, 15) is 0 Å². The molecule has 23 heavy (non-hydrogen) atoms. The Hall–Kier alpha value is -0.340. The van der Waals surface area contributed by atoms with Crippen molar-refractivity contribution in [3.63, 3.8) is 0 Å². The van der Waals surface area contributed by atoms with Crippen molar-refractivity contribution >= 4 is 41.3 Å². The lowest BCUT2D eigenvalue weighted by Gasteiger charge is -2.19. The summed E-state index contributed by atoms with van der Waals surface area (Å²) in [6, 6.07) is 4.33. The zero-order chi connectivity index (χ0) is 16.2. The van der Waals surface area contributed by atoms with E-state index >= 15 is 0 Å². The maximum atomic E-state index is 4.72. The number of thiophene rings is 1. The number of halogens is 1. The van der Waals surface area contributed by atoms with Crippen LogP contribution in [-0.4, -0.2) is 50.1 Å². The summed E-state index contributed by atoms with van der Waals surface area (Å²) in [6.45, 7) is 14.7. The first-order valence-corrected chi connectivity index (χ1v) is 9.34. The molecule has 6 heteroatoms. The van der Waals surface area contributed by atoms with E-state index in [4.69, 9.17) is 4.99 Å². The molecule has 0 fully saturated rings. The maximum Gasteiger partial charge on any atom is 0.191 e. The van der Waals surface area contributed by atoms with Gasteiger partial charge in [0.25, 0.3) is 0 Å². The molecule has 2 N–H and O–H groups in total. The fourth-order valence-electron chi connectivity index (χ4n) is 2.30. The lowest BCUT2D eigenvalue weighted by atomic mass is 10.1. The largest absolute Gasteiger partial charge is 0.357 e. The lowest BCUT2D eigenvalue weighted by Crippen LogP contribution is -2.41. The van der Waals surface area contributed by atoms with Crippen LogP contribution in [0.3, 0.4) is 0 Å². The number of guanidine groups is 1. The van der Waals surface area contributed by atoms with Crippen molar-refractivity contribution in [2.24, 2.45) is 10.9 Å². The molecule has 0 aromatic carbocycles. The monoisotopic (exact) mass is 452 g/mol. The number of aliphatic imine (C=N–C) groups is 1. The van der Waals surface area contributed by atoms with Gasteiger partial charge in [0.2, 0.25) is 0 Å². The molecule has 1 rings (SSSR count). The third-order valence-electron chi connectivity index (χ3n) is 3.65. The fourth-order valence-corrected chi connectivity index (χ4v) is 3.17. The van der Waals surface area contributed by atoms with Crippen molar-refractivity contribution in [1.82, 2.24) is 15.5 Å². The van der Waals surface area contributed by atoms with Crippen molar-refractivity contribution in [2.75, 3.05) is 39.3 Å². The Morgan fingerprint density at radius 3 is 2.57 bits per heavy atom. The van der Waals surface area contributed by atoms with Crippen LogP contribution in [0.5, 0.6) is 0 Å². The molecule has 4 nitrogen and oxygen atoms in total. The molecule has 134 valence electrons. The quantitative estimate of drug-likeness (QED) is 0.325. The molecule has 1 unspecified atom stereocenters. The molecular formula is C17H33IN4S. The Morgan fingerprint density at radius 2 is 2.00 bits per heavy atom. The van der Waals surface area contributed by atoms with E-state index in [0.29, 0.717) is 5.92 Å². The van der Waals surface area contributed by atoms with Gasteiger partial charge in [0.05, 0.1) is 0 Å². The molecule has 0 radical (unpaired) electrons. The first-order chi connectivity index (χ1) is 10.7. The van der Waals surface area contributed by atoms with Crippen LogP contribution in [0.1, 0.15) is 32.6 Å². The predicted octanol–water partition coefficient (Wildman–Crippen LogP) is 3.44. The van der Waals surface area contributed by atoms with Gasteiger partial charge in [-0.2, -0.15) is 0 Å². The Morgan fingerprint density at radius 1 is 1.26 bits per heavy atom. The summed E-state index contributed by atoms with van der Waals surface area (Å²) in [5.74, 6) is 1.50. The van der Waals surface area contributed by atoms with E-state index in [2.05, 4.69) is 60.7 Å². The number of likely N-dealkylation sites (N-methyl/N-ethyl adjacent to an activating group) is 1. The minimum atomic E-state index is 0. The van der Waals surface area contributed by atoms with E-state index in [1.54, 1.807) is 0 Å². The smallest absolute Gasteiger partial charge is 0.191 e. The molecule has 0 saturated heterocycles. The van der Waals surface area contributed by atoms with Gasteiger partial charge in [-0.05, 0) is 43.8 Å². The van der Waals surface area contributed by atoms with Gasteiger partial charge in [-0.3, -0.25) is 4.99 Å². The van der Waals surface area contributed by atoms with Gasteiger partial charge in [-0.15, -0.1) is 35.3 Å². The third-order valence-corrected chi connectivity index (χ3v) is 4.55. The lowest BCUT2D eigenvalue weighted by molar-refractivity contribution is 0.308. The standard InChI is InChI=1S/C17H32N4S.HI/c1-5-18-17(19-10-11-21(6-2)7-3)20-14-15(4)13-16-9-8-12-22-16;/h8-9,12,15H,5-7,10-11,13-14H2,1-4H3,(H2,18,19,20);1H. The highest BCUT2D eigenvalue weighted by Crippen LogP contribution is 2.14. The minimum Gasteiger partial charge on any atom is -0.357 e. The van der Waals surface area contributed by atoms with Crippen LogP contribution in [0.25, 0.3) is 0 Å². The Kier molecular flexibility index (Phi) is 13.8. The molecule has 0 aliphatic rings. The summed E-state index contributed by atoms with van der Waals surface area (Å²) in [6.07, 6.45) is 1.11. The van der Waals surface area contributed by atoms with E-state index in [1.807, 2.05) is 11.3 Å². The number of rotatable bonds is 10. The van der Waals surface area contributed by atoms with Crippen molar-refractivity contribution in [3.8, 4) is 0 Å². The van der Waals surface area contributed by atoms with Crippen LogP contribution in [0, 0.1) is 5.92 Å². The second kappa shape index (κ2) is 14.0. The molecule has 1 atom stereocenters. The average molecular weight is 452 g/mol. The molecule has 0 spiro atoms. The predicted molar refractivity (Wildman–Crippen MR) is 114 cm³/mol. The SMILES string of the molecule is CCNC(=NCC(C)Cc1cccs1)NCCN(CC)CC.I. The van der Waals surface area contributed by atoms with Crippen molar-refractivity contribution in [3.05, 3.63) is 22.4 Å². The van der Waals surface area contributed by atoms with Gasteiger partial charge in [0.15, 0.2) is 5.96 Å². The first-order valence-electron chi connectivity index (χ1n) is 8.46. The topological polar surface area (TPSA) is 39.7 Å². The molecular weight excluding hydrogens is 419 g/mol. The molecule has 0 aliphatic heterocycles. The molecule has 1 heterocycles. The molecule has 0 bridgehead atoms. The molecule has 0 amide bonds. The van der Waals surface area contributed by atoms with Crippen LogP contribution in [-0.2, 0) is 6.42 Å². The second-order valence-electron chi connectivity index (χ2n) is 5.56. The fraction of sp³-hybridized carbons (Fsp3) is 0.706. The highest BCUT2D eigenvalue weighted by Gasteiger charge is 2.05. The van der Waals surface area contributed by atoms with Crippen LogP contribution in [0.4, 0.5) is 0 Å². The summed E-state index contributed by atoms with van der Waals surface area (Å²) in [7, 11) is 0. The van der Waals surface area contributed by atoms with Crippen molar-refractivity contribution in [2.45, 2.75) is 34.1 Å². The molecule has 0 saturated carbocycles. The van der Waals surface area contributed by atoms with E-state index in [-0.39, 0.29) is 24.0 Å². The summed E-state index contributed by atoms with van der Waals surface area (Å²) >= 11 is 1.83. The van der Waals surface area contributed by atoms with Gasteiger partial charge in [-0.1, -0.05) is 26.8 Å². The number of hydrogen-bond donors (Lipinski definition) is 2. The highest BCUT2D eigenvalue weighted by molar-refractivity contribution is 14.0. The number of nitrogens with zero attached hydrogens (tertiary/aromatic N) is 2. The van der Waals surface area contributed by atoms with Crippen LogP contribution < -0.4 is 10.6 Å². The summed E-state index contributed by atoms with van der Waals surface area (Å²) in [4.78, 5) is 8.58. The summed E-state index contributed by atoms with van der Waals surface area (Å²) < 4.78 is 0. The van der Waals surface area contributed by atoms with E-state index in [1.165, 1.54) is 4.88 Å². The van der Waals surface area contributed by atoms with E-state index < -0.39 is 0 Å². The minimum absolute atomic E-state index is 0. The second-order valence-corrected chi connectivity index (χ2v) is 6.59. The van der Waals surface area contributed by atoms with Gasteiger partial charge in [0.1, 0.15) is 0 Å². The number of hydrogen-bond acceptors (Lipinski definition) is 3. The average Bonchev–Trinajstić information content (AvgIpc) is 3.02. The van der Waals surface area contributed by atoms with Gasteiger partial charge >= 0.3 is 0 Å². The zero-order valence-electron chi connectivity index (χ0n) is 15.0. The summed E-state index contributed by atoms with van der Waals surface area (Å²) in [5.41, 5.74) is 0. The van der Waals surface area contributed by atoms with Crippen LogP contribution in [0.15, 0.2) is 22.5 Å². The maximum absolute atomic E-state index is 4.72. The Bertz CT molecular complexity index is 405. The number of nitrogens with one attached hydrogen (secondary N) is 2. The van der Waals surface area contributed by atoms with Crippen molar-refractivity contribution < 1.29 is 0 Å². The van der Waals surface area contributed by atoms with Gasteiger partial charge in [-0.25, -0.2) is 0 Å². The van der Waals surface area contributed by atoms with Crippen LogP contribution in [0.2, 0.25) is 0 Å². The highest BCUT2D eigenvalue weighted by atomic mass is 127. The summed E-state index contributed by atoms with van der Waals surface area (Å²) in [5, 5.41) is 8.91. The van der Waals surface area contributed by atoms with Gasteiger partial charge < -0.3 is 15.5 Å². The van der Waals surface area contributed by atoms with Gasteiger partial charge in [0, 0.05) is 31.1 Å². The molecule has 1 aromatic heterocycles. The Labute approximate surface area is 163 Å².